The minimum Gasteiger partial charge on any atom is -0.391 e. The summed E-state index contributed by atoms with van der Waals surface area (Å²) in [6, 6.07) is 7.74. The fourth-order valence-corrected chi connectivity index (χ4v) is 3.72. The van der Waals surface area contributed by atoms with Crippen LogP contribution >= 0.6 is 0 Å². The highest BCUT2D eigenvalue weighted by Crippen LogP contribution is 2.24. The monoisotopic (exact) mass is 279 g/mol. The molecule has 19 heavy (non-hydrogen) atoms. The van der Waals surface area contributed by atoms with E-state index in [2.05, 4.69) is 6.58 Å². The Morgan fingerprint density at radius 3 is 2.74 bits per heavy atom. The maximum Gasteiger partial charge on any atom is 0.243 e. The fourth-order valence-electron chi connectivity index (χ4n) is 2.14. The number of benzene rings is 1. The molecule has 1 aliphatic rings. The Morgan fingerprint density at radius 1 is 1.42 bits per heavy atom. The maximum absolute atomic E-state index is 12.5. The zero-order valence-corrected chi connectivity index (χ0v) is 11.3. The lowest BCUT2D eigenvalue weighted by Gasteiger charge is -2.27. The van der Waals surface area contributed by atoms with Crippen molar-refractivity contribution in [3.8, 4) is 0 Å². The zero-order chi connectivity index (χ0) is 13.9. The Labute approximate surface area is 113 Å². The van der Waals surface area contributed by atoms with E-state index < -0.39 is 22.2 Å². The van der Waals surface area contributed by atoms with Gasteiger partial charge in [-0.05, 0) is 18.6 Å². The number of hydrogen-bond donors (Lipinski definition) is 1. The molecule has 1 aromatic carbocycles. The summed E-state index contributed by atoms with van der Waals surface area (Å²) in [5.74, 6) is 0. The summed E-state index contributed by atoms with van der Waals surface area (Å²) in [6.45, 7) is 3.85. The second kappa shape index (κ2) is 5.69. The quantitative estimate of drug-likeness (QED) is 0.832. The molecule has 0 spiro atoms. The van der Waals surface area contributed by atoms with Gasteiger partial charge in [0.25, 0.3) is 0 Å². The molecular weight excluding hydrogens is 262 g/mol. The number of nitrogens with zero attached hydrogens (tertiary/aromatic N) is 1. The molecule has 1 heterocycles. The van der Waals surface area contributed by atoms with Gasteiger partial charge < -0.3 is 5.11 Å². The highest BCUT2D eigenvalue weighted by molar-refractivity contribution is 7.89. The summed E-state index contributed by atoms with van der Waals surface area (Å²) in [5.41, 5.74) is 0. The Kier molecular flexibility index (Phi) is 4.19. The number of aliphatic hydroxyl groups excluding tert-OH is 1. The minimum atomic E-state index is -3.57. The second-order valence-corrected chi connectivity index (χ2v) is 6.29. The van der Waals surface area contributed by atoms with Crippen LogP contribution in [0.15, 0.2) is 60.0 Å². The van der Waals surface area contributed by atoms with E-state index in [4.69, 9.17) is 0 Å². The molecule has 0 radical (unpaired) electrons. The highest BCUT2D eigenvalue weighted by atomic mass is 32.2. The van der Waals surface area contributed by atoms with Crippen molar-refractivity contribution in [1.29, 1.82) is 0 Å². The molecule has 0 bridgehead atoms. The van der Waals surface area contributed by atoms with Gasteiger partial charge >= 0.3 is 0 Å². The highest BCUT2D eigenvalue weighted by Gasteiger charge is 2.35. The van der Waals surface area contributed by atoms with Crippen molar-refractivity contribution in [2.24, 2.45) is 0 Å². The molecule has 5 heteroatoms. The van der Waals surface area contributed by atoms with Crippen LogP contribution in [0, 0.1) is 0 Å². The van der Waals surface area contributed by atoms with Gasteiger partial charge in [-0.25, -0.2) is 8.42 Å². The van der Waals surface area contributed by atoms with Crippen molar-refractivity contribution in [3.05, 3.63) is 55.1 Å². The molecular formula is C14H17NO3S. The predicted octanol–water partition coefficient (Wildman–Crippen LogP) is 1.55. The third-order valence-electron chi connectivity index (χ3n) is 3.10. The van der Waals surface area contributed by atoms with Gasteiger partial charge in [0, 0.05) is 6.54 Å². The van der Waals surface area contributed by atoms with Gasteiger partial charge in [-0.3, -0.25) is 0 Å². The summed E-state index contributed by atoms with van der Waals surface area (Å²) in [7, 11) is -3.57. The molecule has 0 saturated heterocycles. The van der Waals surface area contributed by atoms with Crippen molar-refractivity contribution in [3.63, 3.8) is 0 Å². The van der Waals surface area contributed by atoms with Crippen LogP contribution in [0.4, 0.5) is 0 Å². The average Bonchev–Trinajstić information content (AvgIpc) is 2.90. The summed E-state index contributed by atoms with van der Waals surface area (Å²) >= 11 is 0. The van der Waals surface area contributed by atoms with Crippen LogP contribution < -0.4 is 0 Å². The van der Waals surface area contributed by atoms with Crippen molar-refractivity contribution < 1.29 is 13.5 Å². The molecule has 102 valence electrons. The SMILES string of the molecule is C=CC[C@H](O)[C@H]1C=CCN1S(=O)(=O)c1ccccc1. The molecule has 0 amide bonds. The minimum absolute atomic E-state index is 0.245. The molecule has 2 atom stereocenters. The van der Waals surface area contributed by atoms with Crippen LogP contribution in [-0.2, 0) is 10.0 Å². The number of sulfonamides is 1. The lowest BCUT2D eigenvalue weighted by molar-refractivity contribution is 0.124. The van der Waals surface area contributed by atoms with E-state index in [-0.39, 0.29) is 11.4 Å². The molecule has 1 aromatic rings. The van der Waals surface area contributed by atoms with Gasteiger partial charge in [0.1, 0.15) is 0 Å². The van der Waals surface area contributed by atoms with E-state index in [1.165, 1.54) is 4.31 Å². The molecule has 1 N–H and O–H groups in total. The van der Waals surface area contributed by atoms with E-state index >= 15 is 0 Å². The van der Waals surface area contributed by atoms with Gasteiger partial charge in [0.05, 0.1) is 17.0 Å². The first-order valence-corrected chi connectivity index (χ1v) is 7.54. The Hall–Kier alpha value is -1.43. The molecule has 4 nitrogen and oxygen atoms in total. The average molecular weight is 279 g/mol. The van der Waals surface area contributed by atoms with Crippen molar-refractivity contribution >= 4 is 10.0 Å². The molecule has 0 unspecified atom stereocenters. The summed E-state index contributed by atoms with van der Waals surface area (Å²) in [6.07, 6.45) is 4.67. The third-order valence-corrected chi connectivity index (χ3v) is 4.98. The van der Waals surface area contributed by atoms with Gasteiger partial charge in [0.15, 0.2) is 0 Å². The molecule has 0 aliphatic carbocycles. The second-order valence-electron chi connectivity index (χ2n) is 4.40. The Balaban J connectivity index is 2.28. The van der Waals surface area contributed by atoms with Crippen molar-refractivity contribution in [1.82, 2.24) is 4.31 Å². The van der Waals surface area contributed by atoms with E-state index in [1.807, 2.05) is 0 Å². The van der Waals surface area contributed by atoms with Gasteiger partial charge in [0.2, 0.25) is 10.0 Å². The molecule has 1 aliphatic heterocycles. The van der Waals surface area contributed by atoms with Crippen LogP contribution in [0.1, 0.15) is 6.42 Å². The zero-order valence-electron chi connectivity index (χ0n) is 10.5. The first-order valence-electron chi connectivity index (χ1n) is 6.10. The summed E-state index contributed by atoms with van der Waals surface area (Å²) in [5, 5.41) is 10.0. The van der Waals surface area contributed by atoms with Crippen LogP contribution in [0.3, 0.4) is 0 Å². The number of aliphatic hydroxyl groups is 1. The number of rotatable bonds is 5. The fraction of sp³-hybridized carbons (Fsp3) is 0.286. The molecule has 0 saturated carbocycles. The van der Waals surface area contributed by atoms with E-state index in [9.17, 15) is 13.5 Å². The summed E-state index contributed by atoms with van der Waals surface area (Å²) in [4.78, 5) is 0.245. The van der Waals surface area contributed by atoms with Crippen molar-refractivity contribution in [2.45, 2.75) is 23.5 Å². The first-order chi connectivity index (χ1) is 9.07. The smallest absolute Gasteiger partial charge is 0.243 e. The van der Waals surface area contributed by atoms with Crippen molar-refractivity contribution in [2.75, 3.05) is 6.54 Å². The van der Waals surface area contributed by atoms with Gasteiger partial charge in [-0.15, -0.1) is 6.58 Å². The van der Waals surface area contributed by atoms with E-state index in [0.717, 1.165) is 0 Å². The van der Waals surface area contributed by atoms with Gasteiger partial charge in [-0.2, -0.15) is 4.31 Å². The number of hydrogen-bond acceptors (Lipinski definition) is 3. The predicted molar refractivity (Wildman–Crippen MR) is 74.1 cm³/mol. The molecule has 2 rings (SSSR count). The molecule has 0 aromatic heterocycles. The Bertz CT molecular complexity index is 566. The lowest BCUT2D eigenvalue weighted by Crippen LogP contribution is -2.42. The third kappa shape index (κ3) is 2.78. The van der Waals surface area contributed by atoms with Crippen LogP contribution in [0.25, 0.3) is 0 Å². The van der Waals surface area contributed by atoms with Crippen LogP contribution in [-0.4, -0.2) is 36.5 Å². The topological polar surface area (TPSA) is 57.6 Å². The Morgan fingerprint density at radius 2 is 2.11 bits per heavy atom. The van der Waals surface area contributed by atoms with E-state index in [0.29, 0.717) is 6.42 Å². The van der Waals surface area contributed by atoms with E-state index in [1.54, 1.807) is 48.6 Å². The first kappa shape index (κ1) is 14.0. The largest absolute Gasteiger partial charge is 0.391 e. The normalized spacial score (nSPS) is 21.4. The van der Waals surface area contributed by atoms with Crippen LogP contribution in [0.5, 0.6) is 0 Å². The van der Waals surface area contributed by atoms with Gasteiger partial charge in [-0.1, -0.05) is 36.4 Å². The maximum atomic E-state index is 12.5. The molecule has 0 fully saturated rings. The standard InChI is InChI=1S/C14H17NO3S/c1-2-7-14(16)13-10-6-11-15(13)19(17,18)12-8-4-3-5-9-12/h2-6,8-10,13-14,16H,1,7,11H2/t13-,14+/m1/s1. The summed E-state index contributed by atoms with van der Waals surface area (Å²) < 4.78 is 26.3. The van der Waals surface area contributed by atoms with Crippen LogP contribution in [0.2, 0.25) is 0 Å². The lowest BCUT2D eigenvalue weighted by atomic mass is 10.1.